The lowest BCUT2D eigenvalue weighted by atomic mass is 10.00. The summed E-state index contributed by atoms with van der Waals surface area (Å²) in [5.74, 6) is 0. The Morgan fingerprint density at radius 1 is 1.15 bits per heavy atom. The Labute approximate surface area is 155 Å². The van der Waals surface area contributed by atoms with Gasteiger partial charge in [0.15, 0.2) is 0 Å². The molecule has 0 fully saturated rings. The number of rotatable bonds is 4. The first kappa shape index (κ1) is 17.6. The number of aromatic nitrogens is 2. The topological polar surface area (TPSA) is 133 Å². The Morgan fingerprint density at radius 3 is 2.81 bits per heavy atom. The van der Waals surface area contributed by atoms with Crippen LogP contribution in [0.15, 0.2) is 47.4 Å². The summed E-state index contributed by atoms with van der Waals surface area (Å²) in [4.78, 5) is 20.7. The maximum atomic E-state index is 11.5. The zero-order chi connectivity index (χ0) is 19.0. The minimum absolute atomic E-state index is 0.196. The highest BCUT2D eigenvalue weighted by atomic mass is 32.2. The van der Waals surface area contributed by atoms with Crippen LogP contribution in [-0.4, -0.2) is 29.9 Å². The van der Waals surface area contributed by atoms with E-state index in [0.29, 0.717) is 25.2 Å². The summed E-state index contributed by atoms with van der Waals surface area (Å²) in [6.45, 7) is 0.984. The van der Waals surface area contributed by atoms with Crippen LogP contribution in [0.1, 0.15) is 11.1 Å². The molecule has 3 aromatic rings. The average molecular weight is 386 g/mol. The van der Waals surface area contributed by atoms with E-state index < -0.39 is 10.2 Å². The van der Waals surface area contributed by atoms with Gasteiger partial charge in [0.25, 0.3) is 10.2 Å². The first-order valence-corrected chi connectivity index (χ1v) is 9.84. The maximum Gasteiger partial charge on any atom is 0.287 e. The molecule has 10 heteroatoms. The fourth-order valence-electron chi connectivity index (χ4n) is 3.21. The minimum Gasteiger partial charge on any atom is -0.355 e. The van der Waals surface area contributed by atoms with Crippen molar-refractivity contribution in [3.63, 3.8) is 0 Å². The summed E-state index contributed by atoms with van der Waals surface area (Å²) >= 11 is 0. The van der Waals surface area contributed by atoms with Crippen LogP contribution in [0.3, 0.4) is 0 Å². The molecule has 4 rings (SSSR count). The molecule has 0 saturated heterocycles. The Morgan fingerprint density at radius 2 is 2.00 bits per heavy atom. The molecule has 0 saturated carbocycles. The molecule has 0 unspecified atom stereocenters. The quantitative estimate of drug-likeness (QED) is 0.522. The predicted molar refractivity (Wildman–Crippen MR) is 102 cm³/mol. The van der Waals surface area contributed by atoms with E-state index in [2.05, 4.69) is 20.1 Å². The van der Waals surface area contributed by atoms with E-state index in [1.54, 1.807) is 17.3 Å². The zero-order valence-corrected chi connectivity index (χ0v) is 15.1. The lowest BCUT2D eigenvalue weighted by Gasteiger charge is -2.28. The number of hydrogen-bond donors (Lipinski definition) is 4. The first-order chi connectivity index (χ1) is 12.9. The van der Waals surface area contributed by atoms with Gasteiger partial charge in [0.05, 0.1) is 5.69 Å². The molecule has 1 aromatic carbocycles. The Balaban J connectivity index is 1.58. The summed E-state index contributed by atoms with van der Waals surface area (Å²) in [6, 6.07) is 11.0. The van der Waals surface area contributed by atoms with Crippen LogP contribution < -0.4 is 20.8 Å². The number of fused-ring (bicyclic) bond motifs is 2. The Hall–Kier alpha value is -2.79. The second-order valence-electron chi connectivity index (χ2n) is 6.36. The minimum atomic E-state index is -3.77. The summed E-state index contributed by atoms with van der Waals surface area (Å²) in [6.07, 6.45) is 2.33. The van der Waals surface area contributed by atoms with Crippen LogP contribution >= 0.6 is 0 Å². The predicted octanol–water partition coefficient (Wildman–Crippen LogP) is 0.733. The molecule has 140 valence electrons. The van der Waals surface area contributed by atoms with Gasteiger partial charge in [-0.15, -0.1) is 4.83 Å². The smallest absolute Gasteiger partial charge is 0.287 e. The molecule has 0 radical (unpaired) electrons. The number of H-pyrrole nitrogens is 1. The van der Waals surface area contributed by atoms with E-state index in [1.807, 2.05) is 24.3 Å². The number of pyridine rings is 2. The lowest BCUT2D eigenvalue weighted by Crippen LogP contribution is -2.47. The van der Waals surface area contributed by atoms with Crippen molar-refractivity contribution >= 4 is 32.6 Å². The number of anilines is 2. The SMILES string of the molecule is NS(=O)(=O)NN1CCc2cc(Nc3ccnc4[nH]c(=O)ccc34)ccc2C1. The summed E-state index contributed by atoms with van der Waals surface area (Å²) in [5, 5.41) is 10.8. The van der Waals surface area contributed by atoms with E-state index in [4.69, 9.17) is 5.14 Å². The van der Waals surface area contributed by atoms with Gasteiger partial charge < -0.3 is 10.3 Å². The molecule has 0 aliphatic carbocycles. The summed E-state index contributed by atoms with van der Waals surface area (Å²) < 4.78 is 22.4. The average Bonchev–Trinajstić information content (AvgIpc) is 2.60. The number of hydrazine groups is 1. The van der Waals surface area contributed by atoms with Crippen molar-refractivity contribution in [1.82, 2.24) is 19.8 Å². The molecule has 3 heterocycles. The molecule has 0 spiro atoms. The molecule has 1 aliphatic heterocycles. The van der Waals surface area contributed by atoms with E-state index in [1.165, 1.54) is 6.07 Å². The van der Waals surface area contributed by atoms with Crippen molar-refractivity contribution in [1.29, 1.82) is 0 Å². The van der Waals surface area contributed by atoms with Crippen LogP contribution in [0.2, 0.25) is 0 Å². The highest BCUT2D eigenvalue weighted by Crippen LogP contribution is 2.27. The zero-order valence-electron chi connectivity index (χ0n) is 14.3. The van der Waals surface area contributed by atoms with Crippen LogP contribution in [0, 0.1) is 0 Å². The second kappa shape index (κ2) is 6.74. The van der Waals surface area contributed by atoms with Gasteiger partial charge in [-0.25, -0.2) is 15.1 Å². The number of hydrogen-bond acceptors (Lipinski definition) is 6. The van der Waals surface area contributed by atoms with Gasteiger partial charge in [-0.05, 0) is 41.8 Å². The fraction of sp³-hybridized carbons (Fsp3) is 0.176. The van der Waals surface area contributed by atoms with Crippen molar-refractivity contribution < 1.29 is 8.42 Å². The maximum absolute atomic E-state index is 11.5. The Kier molecular flexibility index (Phi) is 4.40. The number of nitrogens with one attached hydrogen (secondary N) is 3. The third kappa shape index (κ3) is 3.98. The summed E-state index contributed by atoms with van der Waals surface area (Å²) in [7, 11) is -3.77. The summed E-state index contributed by atoms with van der Waals surface area (Å²) in [5.41, 5.74) is 4.24. The van der Waals surface area contributed by atoms with Gasteiger partial charge >= 0.3 is 0 Å². The second-order valence-corrected chi connectivity index (χ2v) is 7.63. The third-order valence-electron chi connectivity index (χ3n) is 4.39. The van der Waals surface area contributed by atoms with Crippen LogP contribution in [-0.2, 0) is 23.2 Å². The number of nitrogens with two attached hydrogens (primary N) is 1. The first-order valence-electron chi connectivity index (χ1n) is 8.29. The molecule has 0 bridgehead atoms. The van der Waals surface area contributed by atoms with E-state index in [-0.39, 0.29) is 5.56 Å². The third-order valence-corrected chi connectivity index (χ3v) is 4.90. The molecule has 2 aromatic heterocycles. The van der Waals surface area contributed by atoms with Crippen molar-refractivity contribution in [3.8, 4) is 0 Å². The van der Waals surface area contributed by atoms with Gasteiger partial charge in [0, 0.05) is 36.4 Å². The van der Waals surface area contributed by atoms with E-state index in [0.717, 1.165) is 27.9 Å². The normalized spacial score (nSPS) is 14.9. The van der Waals surface area contributed by atoms with Crippen LogP contribution in [0.4, 0.5) is 11.4 Å². The van der Waals surface area contributed by atoms with Crippen LogP contribution in [0.5, 0.6) is 0 Å². The molecular formula is C17H18N6O3S. The standard InChI is InChI=1S/C17H18N6O3S/c18-27(25,26)22-23-8-6-11-9-13(2-1-12(11)10-23)20-15-5-7-19-17-14(15)3-4-16(24)21-17/h1-5,7,9,22H,6,8,10H2,(H2,18,25,26)(H2,19,20,21,24). The molecule has 1 aliphatic rings. The molecule has 27 heavy (non-hydrogen) atoms. The monoisotopic (exact) mass is 386 g/mol. The van der Waals surface area contributed by atoms with E-state index in [9.17, 15) is 13.2 Å². The van der Waals surface area contributed by atoms with Crippen molar-refractivity contribution in [2.24, 2.45) is 5.14 Å². The highest BCUT2D eigenvalue weighted by Gasteiger charge is 2.19. The number of nitrogens with zero attached hydrogens (tertiary/aromatic N) is 2. The number of aromatic amines is 1. The van der Waals surface area contributed by atoms with Gasteiger partial charge in [-0.3, -0.25) is 4.79 Å². The van der Waals surface area contributed by atoms with Crippen molar-refractivity contribution in [2.45, 2.75) is 13.0 Å². The van der Waals surface area contributed by atoms with Crippen molar-refractivity contribution in [3.05, 3.63) is 64.1 Å². The van der Waals surface area contributed by atoms with Gasteiger partial charge in [-0.2, -0.15) is 8.42 Å². The highest BCUT2D eigenvalue weighted by molar-refractivity contribution is 7.87. The molecular weight excluding hydrogens is 368 g/mol. The van der Waals surface area contributed by atoms with Crippen molar-refractivity contribution in [2.75, 3.05) is 11.9 Å². The molecule has 0 atom stereocenters. The van der Waals surface area contributed by atoms with E-state index >= 15 is 0 Å². The van der Waals surface area contributed by atoms with Crippen LogP contribution in [0.25, 0.3) is 11.0 Å². The lowest BCUT2D eigenvalue weighted by molar-refractivity contribution is 0.221. The Bertz CT molecular complexity index is 1170. The fourth-order valence-corrected chi connectivity index (χ4v) is 3.73. The van der Waals surface area contributed by atoms with Gasteiger partial charge in [0.1, 0.15) is 5.65 Å². The number of benzene rings is 1. The molecule has 9 nitrogen and oxygen atoms in total. The molecule has 0 amide bonds. The van der Waals surface area contributed by atoms with Gasteiger partial charge in [-0.1, -0.05) is 6.07 Å². The van der Waals surface area contributed by atoms with Gasteiger partial charge in [0.2, 0.25) is 5.56 Å². The largest absolute Gasteiger partial charge is 0.355 e. The molecule has 5 N–H and O–H groups in total.